The lowest BCUT2D eigenvalue weighted by Crippen LogP contribution is -2.46. The van der Waals surface area contributed by atoms with Crippen LogP contribution in [-0.2, 0) is 23.3 Å². The zero-order valence-electron chi connectivity index (χ0n) is 15.1. The minimum absolute atomic E-state index is 0.0104. The second kappa shape index (κ2) is 6.26. The summed E-state index contributed by atoms with van der Waals surface area (Å²) >= 11 is 0. The molecule has 8 heteroatoms. The largest absolute Gasteiger partial charge is 0.325 e. The summed E-state index contributed by atoms with van der Waals surface area (Å²) in [5.41, 5.74) is 1.78. The smallest absolute Gasteiger partial charge is 0.319 e. The molecular weight excluding hydrogens is 356 g/mol. The number of aromatic nitrogens is 4. The molecule has 5 rings (SSSR count). The maximum absolute atomic E-state index is 13.4. The highest BCUT2D eigenvalue weighted by molar-refractivity contribution is 6.07. The molecule has 0 saturated carbocycles. The highest BCUT2D eigenvalue weighted by Gasteiger charge is 2.54. The molecule has 2 aliphatic rings. The minimum Gasteiger partial charge on any atom is -0.319 e. The molecule has 2 aromatic carbocycles. The lowest BCUT2D eigenvalue weighted by molar-refractivity contribution is -0.132. The Labute approximate surface area is 161 Å². The molecular formula is C20H18N6O2. The fourth-order valence-electron chi connectivity index (χ4n) is 4.17. The number of para-hydroxylation sites is 1. The van der Waals surface area contributed by atoms with Crippen LogP contribution >= 0.6 is 0 Å². The number of urea groups is 1. The van der Waals surface area contributed by atoms with Gasteiger partial charge in [-0.05, 0) is 52.9 Å². The number of carbonyl (C=O) groups is 2. The predicted molar refractivity (Wildman–Crippen MR) is 99.3 cm³/mol. The van der Waals surface area contributed by atoms with Gasteiger partial charge in [0.1, 0.15) is 5.54 Å². The first-order valence-electron chi connectivity index (χ1n) is 9.24. The van der Waals surface area contributed by atoms with E-state index in [1.807, 2.05) is 54.6 Å². The third-order valence-electron chi connectivity index (χ3n) is 5.49. The molecule has 140 valence electrons. The minimum atomic E-state index is -0.989. The van der Waals surface area contributed by atoms with E-state index < -0.39 is 11.6 Å². The Morgan fingerprint density at radius 2 is 1.82 bits per heavy atom. The number of nitrogens with one attached hydrogen (secondary N) is 1. The van der Waals surface area contributed by atoms with Crippen LogP contribution in [-0.4, -0.2) is 37.0 Å². The van der Waals surface area contributed by atoms with E-state index in [1.165, 1.54) is 4.90 Å². The van der Waals surface area contributed by atoms with Crippen molar-refractivity contribution in [3.8, 4) is 5.69 Å². The molecule has 8 nitrogen and oxygen atoms in total. The van der Waals surface area contributed by atoms with E-state index in [4.69, 9.17) is 0 Å². The van der Waals surface area contributed by atoms with Crippen molar-refractivity contribution in [2.75, 3.05) is 0 Å². The summed E-state index contributed by atoms with van der Waals surface area (Å²) in [5, 5.41) is 14.7. The van der Waals surface area contributed by atoms with Crippen molar-refractivity contribution < 1.29 is 9.59 Å². The summed E-state index contributed by atoms with van der Waals surface area (Å²) < 4.78 is 1.54. The van der Waals surface area contributed by atoms with Gasteiger partial charge in [-0.3, -0.25) is 9.69 Å². The number of hydrogen-bond donors (Lipinski definition) is 1. The van der Waals surface area contributed by atoms with Crippen LogP contribution in [0.4, 0.5) is 4.79 Å². The van der Waals surface area contributed by atoms with Crippen LogP contribution < -0.4 is 5.32 Å². The Bertz CT molecular complexity index is 1060. The topological polar surface area (TPSA) is 93.0 Å². The molecule has 1 aliphatic carbocycles. The summed E-state index contributed by atoms with van der Waals surface area (Å²) in [6, 6.07) is 16.8. The molecule has 0 bridgehead atoms. The molecule has 1 N–H and O–H groups in total. The molecule has 28 heavy (non-hydrogen) atoms. The average molecular weight is 374 g/mol. The normalized spacial score (nSPS) is 21.1. The number of fused-ring (bicyclic) bond motifs is 2. The van der Waals surface area contributed by atoms with Gasteiger partial charge >= 0.3 is 6.03 Å². The number of amides is 3. The number of imide groups is 1. The Hall–Kier alpha value is -3.55. The van der Waals surface area contributed by atoms with Crippen LogP contribution in [0.5, 0.6) is 0 Å². The predicted octanol–water partition coefficient (Wildman–Crippen LogP) is 1.95. The first-order valence-corrected chi connectivity index (χ1v) is 9.24. The Balaban J connectivity index is 1.49. The highest BCUT2D eigenvalue weighted by atomic mass is 16.2. The SMILES string of the molecule is O=C1N[C@]2(CCCc3ccccc32)C(=O)N1Cc1nnnn1-c1ccccc1. The van der Waals surface area contributed by atoms with E-state index in [1.54, 1.807) is 4.68 Å². The van der Waals surface area contributed by atoms with Crippen molar-refractivity contribution in [2.45, 2.75) is 31.3 Å². The van der Waals surface area contributed by atoms with E-state index in [0.29, 0.717) is 12.2 Å². The number of hydrogen-bond acceptors (Lipinski definition) is 5. The second-order valence-corrected chi connectivity index (χ2v) is 7.08. The second-order valence-electron chi connectivity index (χ2n) is 7.08. The van der Waals surface area contributed by atoms with Crippen molar-refractivity contribution in [2.24, 2.45) is 0 Å². The first kappa shape index (κ1) is 16.6. The lowest BCUT2D eigenvalue weighted by Gasteiger charge is -2.33. The van der Waals surface area contributed by atoms with Gasteiger partial charge in [-0.2, -0.15) is 4.68 Å². The van der Waals surface area contributed by atoms with E-state index in [-0.39, 0.29) is 12.5 Å². The van der Waals surface area contributed by atoms with Crippen molar-refractivity contribution in [1.29, 1.82) is 0 Å². The number of rotatable bonds is 3. The van der Waals surface area contributed by atoms with Crippen LogP contribution in [0.15, 0.2) is 54.6 Å². The standard InChI is InChI=1S/C20H18N6O2/c27-18-20(12-6-8-14-7-4-5-11-16(14)20)21-19(28)25(18)13-17-22-23-24-26(17)15-9-2-1-3-10-15/h1-5,7,9-11H,6,8,12-13H2,(H,21,28)/t20-/m0/s1. The van der Waals surface area contributed by atoms with Gasteiger partial charge in [0.05, 0.1) is 12.2 Å². The molecule has 1 aromatic heterocycles. The van der Waals surface area contributed by atoms with Crippen LogP contribution in [0, 0.1) is 0 Å². The van der Waals surface area contributed by atoms with Crippen molar-refractivity contribution in [3.63, 3.8) is 0 Å². The highest BCUT2D eigenvalue weighted by Crippen LogP contribution is 2.40. The van der Waals surface area contributed by atoms with Crippen molar-refractivity contribution in [3.05, 3.63) is 71.5 Å². The third kappa shape index (κ3) is 2.41. The van der Waals surface area contributed by atoms with Crippen LogP contribution in [0.2, 0.25) is 0 Å². The number of benzene rings is 2. The van der Waals surface area contributed by atoms with Crippen LogP contribution in [0.25, 0.3) is 5.69 Å². The van der Waals surface area contributed by atoms with Gasteiger partial charge in [0, 0.05) is 0 Å². The van der Waals surface area contributed by atoms with E-state index >= 15 is 0 Å². The zero-order valence-corrected chi connectivity index (χ0v) is 15.1. The van der Waals surface area contributed by atoms with Crippen LogP contribution in [0.3, 0.4) is 0 Å². The number of carbonyl (C=O) groups excluding carboxylic acids is 2. The molecule has 2 heterocycles. The molecule has 3 amide bonds. The van der Waals surface area contributed by atoms with Crippen molar-refractivity contribution >= 4 is 11.9 Å². The molecule has 1 spiro atoms. The fraction of sp³-hybridized carbons (Fsp3) is 0.250. The summed E-state index contributed by atoms with van der Waals surface area (Å²) in [6.45, 7) is 0.0104. The van der Waals surface area contributed by atoms with Gasteiger partial charge in [0.15, 0.2) is 5.82 Å². The fourth-order valence-corrected chi connectivity index (χ4v) is 4.17. The number of nitrogens with zero attached hydrogens (tertiary/aromatic N) is 5. The van der Waals surface area contributed by atoms with E-state index in [2.05, 4.69) is 20.8 Å². The molecule has 1 saturated heterocycles. The molecule has 0 radical (unpaired) electrons. The lowest BCUT2D eigenvalue weighted by atomic mass is 9.76. The Morgan fingerprint density at radius 3 is 2.68 bits per heavy atom. The summed E-state index contributed by atoms with van der Waals surface area (Å²) in [6.07, 6.45) is 2.35. The van der Waals surface area contributed by atoms with E-state index in [0.717, 1.165) is 29.7 Å². The van der Waals surface area contributed by atoms with Gasteiger partial charge < -0.3 is 5.32 Å². The number of tetrazole rings is 1. The zero-order chi connectivity index (χ0) is 19.1. The summed E-state index contributed by atoms with van der Waals surface area (Å²) in [7, 11) is 0. The first-order chi connectivity index (χ1) is 13.7. The Morgan fingerprint density at radius 1 is 1.04 bits per heavy atom. The average Bonchev–Trinajstić information content (AvgIpc) is 3.28. The summed E-state index contributed by atoms with van der Waals surface area (Å²) in [4.78, 5) is 27.4. The third-order valence-corrected chi connectivity index (χ3v) is 5.49. The van der Waals surface area contributed by atoms with Crippen molar-refractivity contribution in [1.82, 2.24) is 30.4 Å². The van der Waals surface area contributed by atoms with Gasteiger partial charge in [0.2, 0.25) is 0 Å². The quantitative estimate of drug-likeness (QED) is 0.708. The van der Waals surface area contributed by atoms with Gasteiger partial charge in [-0.25, -0.2) is 4.79 Å². The van der Waals surface area contributed by atoms with Gasteiger partial charge in [-0.1, -0.05) is 42.5 Å². The molecule has 0 unspecified atom stereocenters. The Kier molecular flexibility index (Phi) is 3.71. The molecule has 1 atom stereocenters. The summed E-state index contributed by atoms with van der Waals surface area (Å²) in [5.74, 6) is 0.183. The maximum Gasteiger partial charge on any atom is 0.325 e. The van der Waals surface area contributed by atoms with Gasteiger partial charge in [0.25, 0.3) is 5.91 Å². The number of aryl methyl sites for hydroxylation is 1. The maximum atomic E-state index is 13.4. The van der Waals surface area contributed by atoms with Crippen LogP contribution in [0.1, 0.15) is 29.8 Å². The molecule has 3 aromatic rings. The van der Waals surface area contributed by atoms with E-state index in [9.17, 15) is 9.59 Å². The molecule has 1 aliphatic heterocycles. The van der Waals surface area contributed by atoms with Gasteiger partial charge in [-0.15, -0.1) is 5.10 Å². The molecule has 1 fully saturated rings. The monoisotopic (exact) mass is 374 g/mol.